The second-order valence-electron chi connectivity index (χ2n) is 5.90. The Kier molecular flexibility index (Phi) is 5.70. The number of rotatable bonds is 5. The second kappa shape index (κ2) is 7.97. The van der Waals surface area contributed by atoms with Crippen LogP contribution in [0.2, 0.25) is 0 Å². The summed E-state index contributed by atoms with van der Waals surface area (Å²) in [6.07, 6.45) is 1.03. The Morgan fingerprint density at radius 2 is 2.12 bits per heavy atom. The molecule has 1 atom stereocenters. The van der Waals surface area contributed by atoms with Gasteiger partial charge >= 0.3 is 0 Å². The molecule has 0 radical (unpaired) electrons. The van der Waals surface area contributed by atoms with Crippen LogP contribution < -0.4 is 0 Å². The van der Waals surface area contributed by atoms with Crippen LogP contribution in [0.4, 0.5) is 4.39 Å². The molecule has 134 valence electrons. The summed E-state index contributed by atoms with van der Waals surface area (Å²) in [5.41, 5.74) is 0.786. The van der Waals surface area contributed by atoms with Gasteiger partial charge in [0.05, 0.1) is 18.5 Å². The minimum Gasteiger partial charge on any atom is -0.375 e. The van der Waals surface area contributed by atoms with Crippen molar-refractivity contribution in [3.05, 3.63) is 30.1 Å². The van der Waals surface area contributed by atoms with Crippen LogP contribution in [0, 0.1) is 5.82 Å². The molecule has 2 heterocycles. The van der Waals surface area contributed by atoms with E-state index in [9.17, 15) is 9.18 Å². The molecule has 0 N–H and O–H groups in total. The Hall–Kier alpha value is -1.93. The molecule has 1 fully saturated rings. The summed E-state index contributed by atoms with van der Waals surface area (Å²) in [6, 6.07) is 6.11. The standard InChI is InChI=1S/C17H21FN4O2S/c1-3-14-10-22(8-9-24-14)15(23)11-25-17-20-19-16(21(17)2)12-4-6-13(18)7-5-12/h4-7,14H,3,8-11H2,1-2H3. The van der Waals surface area contributed by atoms with Crippen LogP contribution in [-0.2, 0) is 16.6 Å². The van der Waals surface area contributed by atoms with Crippen molar-refractivity contribution in [1.29, 1.82) is 0 Å². The topological polar surface area (TPSA) is 60.2 Å². The fourth-order valence-electron chi connectivity index (χ4n) is 2.70. The second-order valence-corrected chi connectivity index (χ2v) is 6.84. The van der Waals surface area contributed by atoms with Gasteiger partial charge in [-0.2, -0.15) is 0 Å². The predicted octanol–water partition coefficient (Wildman–Crippen LogP) is 2.35. The van der Waals surface area contributed by atoms with E-state index in [0.29, 0.717) is 36.4 Å². The molecule has 1 saturated heterocycles. The number of nitrogens with zero attached hydrogens (tertiary/aromatic N) is 4. The lowest BCUT2D eigenvalue weighted by Crippen LogP contribution is -2.46. The number of hydrogen-bond donors (Lipinski definition) is 0. The first kappa shape index (κ1) is 17.9. The first-order valence-corrected chi connectivity index (χ1v) is 9.24. The number of amides is 1. The van der Waals surface area contributed by atoms with Gasteiger partial charge in [-0.3, -0.25) is 4.79 Å². The first-order chi connectivity index (χ1) is 12.1. The Labute approximate surface area is 150 Å². The minimum atomic E-state index is -0.290. The number of hydrogen-bond acceptors (Lipinski definition) is 5. The van der Waals surface area contributed by atoms with E-state index in [1.165, 1.54) is 23.9 Å². The molecule has 0 aliphatic carbocycles. The molecule has 0 saturated carbocycles. The Balaban J connectivity index is 1.62. The summed E-state index contributed by atoms with van der Waals surface area (Å²) >= 11 is 1.36. The fourth-order valence-corrected chi connectivity index (χ4v) is 3.52. The molecule has 0 spiro atoms. The van der Waals surface area contributed by atoms with Gasteiger partial charge in [-0.25, -0.2) is 4.39 Å². The van der Waals surface area contributed by atoms with Gasteiger partial charge in [-0.1, -0.05) is 18.7 Å². The highest BCUT2D eigenvalue weighted by molar-refractivity contribution is 7.99. The summed E-state index contributed by atoms with van der Waals surface area (Å²) in [4.78, 5) is 14.3. The van der Waals surface area contributed by atoms with Crippen molar-refractivity contribution in [3.8, 4) is 11.4 Å². The largest absolute Gasteiger partial charge is 0.375 e. The molecule has 25 heavy (non-hydrogen) atoms. The van der Waals surface area contributed by atoms with Gasteiger partial charge in [0.1, 0.15) is 5.82 Å². The van der Waals surface area contributed by atoms with Gasteiger partial charge in [0, 0.05) is 25.7 Å². The zero-order chi connectivity index (χ0) is 17.8. The smallest absolute Gasteiger partial charge is 0.233 e. The number of halogens is 1. The van der Waals surface area contributed by atoms with E-state index in [1.807, 2.05) is 16.5 Å². The van der Waals surface area contributed by atoms with Gasteiger partial charge in [-0.15, -0.1) is 10.2 Å². The van der Waals surface area contributed by atoms with E-state index in [-0.39, 0.29) is 17.8 Å². The molecular weight excluding hydrogens is 343 g/mol. The van der Waals surface area contributed by atoms with Crippen LogP contribution in [0.1, 0.15) is 13.3 Å². The summed E-state index contributed by atoms with van der Waals surface area (Å²) < 4.78 is 20.5. The van der Waals surface area contributed by atoms with E-state index in [4.69, 9.17) is 4.74 Å². The molecule has 1 amide bonds. The van der Waals surface area contributed by atoms with Gasteiger partial charge in [0.15, 0.2) is 11.0 Å². The van der Waals surface area contributed by atoms with Crippen LogP contribution in [0.25, 0.3) is 11.4 Å². The molecule has 1 aliphatic heterocycles. The zero-order valence-electron chi connectivity index (χ0n) is 14.3. The minimum absolute atomic E-state index is 0.0816. The fraction of sp³-hybridized carbons (Fsp3) is 0.471. The van der Waals surface area contributed by atoms with E-state index >= 15 is 0 Å². The molecule has 1 aliphatic rings. The van der Waals surface area contributed by atoms with Crippen LogP contribution in [0.5, 0.6) is 0 Å². The Morgan fingerprint density at radius 3 is 2.84 bits per heavy atom. The SMILES string of the molecule is CCC1CN(C(=O)CSc2nnc(-c3ccc(F)cc3)n2C)CCO1. The third-order valence-electron chi connectivity index (χ3n) is 4.21. The number of thioether (sulfide) groups is 1. The maximum Gasteiger partial charge on any atom is 0.233 e. The van der Waals surface area contributed by atoms with Crippen molar-refractivity contribution in [3.63, 3.8) is 0 Å². The Bertz CT molecular complexity index is 735. The molecule has 6 nitrogen and oxygen atoms in total. The van der Waals surface area contributed by atoms with E-state index in [0.717, 1.165) is 12.0 Å². The van der Waals surface area contributed by atoms with E-state index in [1.54, 1.807) is 12.1 Å². The quantitative estimate of drug-likeness (QED) is 0.762. The van der Waals surface area contributed by atoms with Crippen LogP contribution in [0.15, 0.2) is 29.4 Å². The molecule has 1 aromatic heterocycles. The van der Waals surface area contributed by atoms with Crippen molar-refractivity contribution < 1.29 is 13.9 Å². The van der Waals surface area contributed by atoms with Crippen molar-refractivity contribution in [2.24, 2.45) is 7.05 Å². The van der Waals surface area contributed by atoms with Crippen molar-refractivity contribution in [2.45, 2.75) is 24.6 Å². The van der Waals surface area contributed by atoms with Crippen LogP contribution in [0.3, 0.4) is 0 Å². The highest BCUT2D eigenvalue weighted by Gasteiger charge is 2.23. The van der Waals surface area contributed by atoms with Gasteiger partial charge in [0.25, 0.3) is 0 Å². The summed E-state index contributed by atoms with van der Waals surface area (Å²) in [5.74, 6) is 0.749. The van der Waals surface area contributed by atoms with Gasteiger partial charge < -0.3 is 14.2 Å². The molecule has 1 unspecified atom stereocenters. The molecule has 2 aromatic rings. The summed E-state index contributed by atoms with van der Waals surface area (Å²) in [6.45, 7) is 3.93. The normalized spacial score (nSPS) is 17.7. The molecule has 1 aromatic carbocycles. The lowest BCUT2D eigenvalue weighted by Gasteiger charge is -2.32. The highest BCUT2D eigenvalue weighted by atomic mass is 32.2. The van der Waals surface area contributed by atoms with Gasteiger partial charge in [0.2, 0.25) is 5.91 Å². The number of ether oxygens (including phenoxy) is 1. The van der Waals surface area contributed by atoms with Crippen LogP contribution >= 0.6 is 11.8 Å². The van der Waals surface area contributed by atoms with Crippen molar-refractivity contribution in [1.82, 2.24) is 19.7 Å². The van der Waals surface area contributed by atoms with E-state index in [2.05, 4.69) is 17.1 Å². The average Bonchev–Trinajstić information content (AvgIpc) is 3.01. The molecular formula is C17H21FN4O2S. The lowest BCUT2D eigenvalue weighted by molar-refractivity contribution is -0.135. The number of morpholine rings is 1. The third-order valence-corrected chi connectivity index (χ3v) is 5.21. The number of carbonyl (C=O) groups is 1. The average molecular weight is 364 g/mol. The predicted molar refractivity (Wildman–Crippen MR) is 93.7 cm³/mol. The molecule has 3 rings (SSSR count). The lowest BCUT2D eigenvalue weighted by atomic mass is 10.2. The summed E-state index contributed by atoms with van der Waals surface area (Å²) in [5, 5.41) is 8.97. The Morgan fingerprint density at radius 1 is 1.36 bits per heavy atom. The monoisotopic (exact) mass is 364 g/mol. The maximum absolute atomic E-state index is 13.0. The third kappa shape index (κ3) is 4.19. The number of benzene rings is 1. The first-order valence-electron chi connectivity index (χ1n) is 8.26. The van der Waals surface area contributed by atoms with E-state index < -0.39 is 0 Å². The van der Waals surface area contributed by atoms with Crippen molar-refractivity contribution >= 4 is 17.7 Å². The van der Waals surface area contributed by atoms with Crippen LogP contribution in [-0.4, -0.2) is 57.1 Å². The molecule has 0 bridgehead atoms. The molecule has 8 heteroatoms. The highest BCUT2D eigenvalue weighted by Crippen LogP contribution is 2.23. The zero-order valence-corrected chi connectivity index (χ0v) is 15.1. The summed E-state index contributed by atoms with van der Waals surface area (Å²) in [7, 11) is 1.84. The number of carbonyl (C=O) groups excluding carboxylic acids is 1. The van der Waals surface area contributed by atoms with Gasteiger partial charge in [-0.05, 0) is 30.7 Å². The maximum atomic E-state index is 13.0. The number of aromatic nitrogens is 3. The van der Waals surface area contributed by atoms with Crippen molar-refractivity contribution in [2.75, 3.05) is 25.4 Å².